The van der Waals surface area contributed by atoms with Crippen molar-refractivity contribution in [1.82, 2.24) is 9.47 Å². The quantitative estimate of drug-likeness (QED) is 0.745. The number of hydrogen-bond acceptors (Lipinski definition) is 3. The van der Waals surface area contributed by atoms with Gasteiger partial charge in [0, 0.05) is 31.4 Å². The molecule has 1 aromatic carbocycles. The summed E-state index contributed by atoms with van der Waals surface area (Å²) in [7, 11) is 0. The van der Waals surface area contributed by atoms with Crippen LogP contribution in [0.1, 0.15) is 45.1 Å². The highest BCUT2D eigenvalue weighted by molar-refractivity contribution is 5.63. The topological polar surface area (TPSA) is 34.5 Å². The molecule has 0 N–H and O–H groups in total. The largest absolute Gasteiger partial charge is 0.490 e. The normalized spacial score (nSPS) is 19.4. The van der Waals surface area contributed by atoms with Gasteiger partial charge < -0.3 is 9.64 Å². The third-order valence-corrected chi connectivity index (χ3v) is 5.96. The zero-order chi connectivity index (χ0) is 19.5. The van der Waals surface area contributed by atoms with E-state index >= 15 is 0 Å². The summed E-state index contributed by atoms with van der Waals surface area (Å²) in [5, 5.41) is 0. The van der Waals surface area contributed by atoms with Crippen molar-refractivity contribution in [2.75, 3.05) is 13.1 Å². The minimum absolute atomic E-state index is 0.226. The van der Waals surface area contributed by atoms with Crippen LogP contribution in [0.2, 0.25) is 0 Å². The summed E-state index contributed by atoms with van der Waals surface area (Å²) >= 11 is 0. The Morgan fingerprint density at radius 2 is 1.54 bits per heavy atom. The fourth-order valence-electron chi connectivity index (χ4n) is 4.37. The molecule has 1 saturated heterocycles. The van der Waals surface area contributed by atoms with Gasteiger partial charge in [0.15, 0.2) is 0 Å². The molecule has 0 amide bonds. The first kappa shape index (κ1) is 19.1. The van der Waals surface area contributed by atoms with Crippen LogP contribution < -0.4 is 10.3 Å². The monoisotopic (exact) mass is 388 g/mol. The maximum Gasteiger partial charge on any atom is 0.321 e. The first-order valence-electron chi connectivity index (χ1n) is 10.1. The number of likely N-dealkylation sites (tertiary alicyclic amines) is 1. The summed E-state index contributed by atoms with van der Waals surface area (Å²) < 4.78 is 32.4. The molecule has 0 unspecified atom stereocenters. The van der Waals surface area contributed by atoms with Gasteiger partial charge in [-0.3, -0.25) is 9.36 Å². The molecule has 0 radical (unpaired) electrons. The predicted octanol–water partition coefficient (Wildman–Crippen LogP) is 4.70. The molecule has 1 aliphatic carbocycles. The Labute approximate surface area is 163 Å². The van der Waals surface area contributed by atoms with Crippen LogP contribution in [0.25, 0.3) is 11.1 Å². The van der Waals surface area contributed by atoms with Gasteiger partial charge in [0.05, 0.1) is 0 Å². The molecule has 28 heavy (non-hydrogen) atoms. The molecule has 1 aliphatic heterocycles. The van der Waals surface area contributed by atoms with Gasteiger partial charge in [-0.15, -0.1) is 0 Å². The minimum Gasteiger partial charge on any atom is -0.490 e. The summed E-state index contributed by atoms with van der Waals surface area (Å²) in [6.07, 6.45) is 8.91. The van der Waals surface area contributed by atoms with E-state index in [0.717, 1.165) is 43.3 Å². The van der Waals surface area contributed by atoms with Crippen molar-refractivity contribution in [1.29, 1.82) is 0 Å². The highest BCUT2D eigenvalue weighted by atomic mass is 19.3. The van der Waals surface area contributed by atoms with Crippen molar-refractivity contribution in [3.63, 3.8) is 0 Å². The zero-order valence-electron chi connectivity index (χ0n) is 15.9. The average molecular weight is 388 g/mol. The van der Waals surface area contributed by atoms with Crippen molar-refractivity contribution in [3.8, 4) is 16.9 Å². The van der Waals surface area contributed by atoms with E-state index < -0.39 is 12.1 Å². The van der Waals surface area contributed by atoms with Gasteiger partial charge >= 0.3 is 6.55 Å². The number of benzene rings is 1. The van der Waals surface area contributed by atoms with Gasteiger partial charge in [0.25, 0.3) is 5.56 Å². The average Bonchev–Trinajstić information content (AvgIpc) is 3.24. The summed E-state index contributed by atoms with van der Waals surface area (Å²) in [6, 6.07) is 10.9. The van der Waals surface area contributed by atoms with E-state index in [-0.39, 0.29) is 6.10 Å². The third kappa shape index (κ3) is 4.27. The highest BCUT2D eigenvalue weighted by Crippen LogP contribution is 2.28. The molecule has 1 saturated carbocycles. The summed E-state index contributed by atoms with van der Waals surface area (Å²) in [5.74, 6) is 0.797. The van der Waals surface area contributed by atoms with Crippen molar-refractivity contribution >= 4 is 0 Å². The van der Waals surface area contributed by atoms with Crippen LogP contribution >= 0.6 is 0 Å². The molecule has 0 bridgehead atoms. The van der Waals surface area contributed by atoms with Crippen molar-refractivity contribution in [2.45, 2.75) is 57.2 Å². The number of rotatable bonds is 5. The molecule has 0 atom stereocenters. The molecule has 2 aliphatic rings. The number of aromatic nitrogens is 1. The maximum atomic E-state index is 12.9. The standard InChI is InChI=1S/C22H26F2N2O2/c23-22(24)26-15-17(7-10-21(26)27)16-5-8-19(9-6-16)28-20-11-13-25(14-12-20)18-3-1-2-4-18/h5-10,15,18,20,22H,1-4,11-14H2. The van der Waals surface area contributed by atoms with E-state index in [1.807, 2.05) is 24.3 Å². The lowest BCUT2D eigenvalue weighted by atomic mass is 10.0. The van der Waals surface area contributed by atoms with Crippen molar-refractivity contribution in [2.24, 2.45) is 0 Å². The number of alkyl halides is 2. The number of halogens is 2. The van der Waals surface area contributed by atoms with E-state index in [1.165, 1.54) is 37.9 Å². The number of pyridine rings is 1. The summed E-state index contributed by atoms with van der Waals surface area (Å²) in [5.41, 5.74) is 0.650. The second kappa shape index (κ2) is 8.43. The van der Waals surface area contributed by atoms with Gasteiger partial charge in [-0.25, -0.2) is 0 Å². The van der Waals surface area contributed by atoms with Crippen LogP contribution in [-0.4, -0.2) is 34.7 Å². The van der Waals surface area contributed by atoms with Crippen LogP contribution in [0.15, 0.2) is 47.4 Å². The lowest BCUT2D eigenvalue weighted by Gasteiger charge is -2.36. The van der Waals surface area contributed by atoms with E-state index in [1.54, 1.807) is 6.07 Å². The van der Waals surface area contributed by atoms with Gasteiger partial charge in [0.2, 0.25) is 0 Å². The lowest BCUT2D eigenvalue weighted by molar-refractivity contribution is 0.0665. The molecular weight excluding hydrogens is 362 g/mol. The first-order valence-corrected chi connectivity index (χ1v) is 10.1. The van der Waals surface area contributed by atoms with Gasteiger partial charge in [-0.1, -0.05) is 25.0 Å². The Kier molecular flexibility index (Phi) is 5.76. The number of hydrogen-bond donors (Lipinski definition) is 0. The second-order valence-electron chi connectivity index (χ2n) is 7.76. The Bertz CT molecular complexity index is 836. The summed E-state index contributed by atoms with van der Waals surface area (Å²) in [6.45, 7) is -0.643. The molecule has 0 spiro atoms. The van der Waals surface area contributed by atoms with Gasteiger partial charge in [0.1, 0.15) is 11.9 Å². The molecule has 1 aromatic heterocycles. The highest BCUT2D eigenvalue weighted by Gasteiger charge is 2.27. The lowest BCUT2D eigenvalue weighted by Crippen LogP contribution is -2.43. The van der Waals surface area contributed by atoms with Crippen molar-refractivity contribution in [3.05, 3.63) is 52.9 Å². The van der Waals surface area contributed by atoms with Crippen LogP contribution in [0, 0.1) is 0 Å². The van der Waals surface area contributed by atoms with E-state index in [4.69, 9.17) is 4.74 Å². The zero-order valence-corrected chi connectivity index (χ0v) is 15.9. The Hall–Kier alpha value is -2.21. The van der Waals surface area contributed by atoms with Gasteiger partial charge in [-0.2, -0.15) is 8.78 Å². The predicted molar refractivity (Wildman–Crippen MR) is 105 cm³/mol. The van der Waals surface area contributed by atoms with E-state index in [2.05, 4.69) is 4.90 Å². The number of ether oxygens (including phenoxy) is 1. The Morgan fingerprint density at radius 1 is 0.893 bits per heavy atom. The number of nitrogens with zero attached hydrogens (tertiary/aromatic N) is 2. The SMILES string of the molecule is O=c1ccc(-c2ccc(OC3CCN(C4CCCC4)CC3)cc2)cn1C(F)F. The Balaban J connectivity index is 1.36. The molecule has 2 fully saturated rings. The minimum atomic E-state index is -2.84. The van der Waals surface area contributed by atoms with Crippen molar-refractivity contribution < 1.29 is 13.5 Å². The van der Waals surface area contributed by atoms with Gasteiger partial charge in [-0.05, 0) is 55.0 Å². The molecule has 4 nitrogen and oxygen atoms in total. The molecular formula is C22H26F2N2O2. The van der Waals surface area contributed by atoms with E-state index in [9.17, 15) is 13.6 Å². The second-order valence-corrected chi connectivity index (χ2v) is 7.76. The molecule has 2 heterocycles. The summed E-state index contributed by atoms with van der Waals surface area (Å²) in [4.78, 5) is 14.1. The molecule has 2 aromatic rings. The Morgan fingerprint density at radius 3 is 2.18 bits per heavy atom. The van der Waals surface area contributed by atoms with Crippen LogP contribution in [0.4, 0.5) is 8.78 Å². The van der Waals surface area contributed by atoms with Crippen LogP contribution in [-0.2, 0) is 0 Å². The first-order chi connectivity index (χ1) is 13.6. The molecule has 4 rings (SSSR count). The number of piperidine rings is 1. The molecule has 6 heteroatoms. The third-order valence-electron chi connectivity index (χ3n) is 5.96. The maximum absolute atomic E-state index is 12.9. The fourth-order valence-corrected chi connectivity index (χ4v) is 4.37. The smallest absolute Gasteiger partial charge is 0.321 e. The fraction of sp³-hybridized carbons (Fsp3) is 0.500. The molecule has 150 valence electrons. The van der Waals surface area contributed by atoms with Crippen LogP contribution in [0.5, 0.6) is 5.75 Å². The van der Waals surface area contributed by atoms with Crippen LogP contribution in [0.3, 0.4) is 0 Å². The van der Waals surface area contributed by atoms with E-state index in [0.29, 0.717) is 10.1 Å².